The first-order chi connectivity index (χ1) is 13.6. The molecular formula is C16H19F6IN6S. The minimum Gasteiger partial charge on any atom is -0.370 e. The van der Waals surface area contributed by atoms with Crippen LogP contribution >= 0.6 is 35.3 Å². The highest BCUT2D eigenvalue weighted by molar-refractivity contribution is 14.0. The lowest BCUT2D eigenvalue weighted by Crippen LogP contribution is -2.37. The summed E-state index contributed by atoms with van der Waals surface area (Å²) >= 11 is 0.897. The number of anilines is 1. The second-order valence-corrected chi connectivity index (χ2v) is 6.63. The predicted octanol–water partition coefficient (Wildman–Crippen LogP) is 4.36. The van der Waals surface area contributed by atoms with Crippen LogP contribution in [0.5, 0.6) is 0 Å². The number of nitrogens with one attached hydrogen (secondary N) is 3. The zero-order valence-electron chi connectivity index (χ0n) is 15.6. The van der Waals surface area contributed by atoms with Gasteiger partial charge in [0, 0.05) is 31.7 Å². The Morgan fingerprint density at radius 1 is 1.07 bits per heavy atom. The van der Waals surface area contributed by atoms with Crippen LogP contribution in [0.15, 0.2) is 28.7 Å². The zero-order chi connectivity index (χ0) is 21.5. The lowest BCUT2D eigenvalue weighted by molar-refractivity contribution is -0.141. The molecule has 0 fully saturated rings. The van der Waals surface area contributed by atoms with E-state index in [2.05, 4.69) is 30.9 Å². The summed E-state index contributed by atoms with van der Waals surface area (Å²) in [5, 5.41) is 9.96. The standard InChI is InChI=1S/C16H18F6N6S.HI/c1-23-14(27-8-13-28-11(9-29-13)16(20,21)22)25-6-2-5-24-12-4-3-10(7-26-12)15(17,18)19;/h3-4,7,9H,2,5-6,8H2,1H3,(H,24,26)(H2,23,25,27);1H. The smallest absolute Gasteiger partial charge is 0.370 e. The molecule has 2 heterocycles. The van der Waals surface area contributed by atoms with Crippen LogP contribution in [0.3, 0.4) is 0 Å². The normalized spacial score (nSPS) is 12.3. The van der Waals surface area contributed by atoms with Crippen molar-refractivity contribution in [3.05, 3.63) is 40.0 Å². The molecule has 14 heteroatoms. The fourth-order valence-electron chi connectivity index (χ4n) is 2.08. The molecule has 0 bridgehead atoms. The summed E-state index contributed by atoms with van der Waals surface area (Å²) in [4.78, 5) is 11.2. The number of halogens is 7. The number of hydrogen-bond donors (Lipinski definition) is 3. The molecule has 0 aliphatic rings. The Morgan fingerprint density at radius 2 is 1.80 bits per heavy atom. The summed E-state index contributed by atoms with van der Waals surface area (Å²) in [5.74, 6) is 0.714. The molecule has 2 aromatic rings. The van der Waals surface area contributed by atoms with Crippen LogP contribution in [0, 0.1) is 0 Å². The van der Waals surface area contributed by atoms with Gasteiger partial charge in [-0.1, -0.05) is 0 Å². The number of alkyl halides is 6. The van der Waals surface area contributed by atoms with Crippen molar-refractivity contribution in [1.82, 2.24) is 20.6 Å². The molecule has 0 aliphatic heterocycles. The van der Waals surface area contributed by atoms with E-state index < -0.39 is 23.6 Å². The number of aliphatic imine (C=N–C) groups is 1. The van der Waals surface area contributed by atoms with Crippen LogP contribution in [0.1, 0.15) is 22.7 Å². The van der Waals surface area contributed by atoms with Crippen molar-refractivity contribution in [1.29, 1.82) is 0 Å². The average molecular weight is 568 g/mol. The van der Waals surface area contributed by atoms with Crippen LogP contribution in [-0.2, 0) is 18.9 Å². The Balaban J connectivity index is 0.00000450. The second kappa shape index (κ2) is 11.5. The first-order valence-corrected chi connectivity index (χ1v) is 9.21. The molecule has 0 radical (unpaired) electrons. The predicted molar refractivity (Wildman–Crippen MR) is 113 cm³/mol. The Kier molecular flexibility index (Phi) is 10.1. The van der Waals surface area contributed by atoms with Crippen molar-refractivity contribution in [2.24, 2.45) is 4.99 Å². The summed E-state index contributed by atoms with van der Waals surface area (Å²) in [6.07, 6.45) is -7.54. The van der Waals surface area contributed by atoms with E-state index in [4.69, 9.17) is 0 Å². The number of pyridine rings is 1. The molecule has 3 N–H and O–H groups in total. The van der Waals surface area contributed by atoms with Gasteiger partial charge in [0.15, 0.2) is 11.7 Å². The molecular weight excluding hydrogens is 549 g/mol. The SMILES string of the molecule is CN=C(NCCCNc1ccc(C(F)(F)F)cn1)NCc1nc(C(F)(F)F)cs1.I. The highest BCUT2D eigenvalue weighted by Gasteiger charge is 2.33. The molecule has 2 aromatic heterocycles. The number of guanidine groups is 1. The topological polar surface area (TPSA) is 74.2 Å². The van der Waals surface area contributed by atoms with Crippen molar-refractivity contribution in [2.45, 2.75) is 25.3 Å². The van der Waals surface area contributed by atoms with Crippen molar-refractivity contribution in [2.75, 3.05) is 25.5 Å². The van der Waals surface area contributed by atoms with E-state index in [9.17, 15) is 26.3 Å². The molecule has 0 aromatic carbocycles. The minimum absolute atomic E-state index is 0. The first-order valence-electron chi connectivity index (χ1n) is 8.33. The molecule has 0 unspecified atom stereocenters. The number of thiazole rings is 1. The monoisotopic (exact) mass is 568 g/mol. The van der Waals surface area contributed by atoms with E-state index in [1.54, 1.807) is 0 Å². The highest BCUT2D eigenvalue weighted by atomic mass is 127. The maximum atomic E-state index is 12.5. The molecule has 0 amide bonds. The van der Waals surface area contributed by atoms with Crippen molar-refractivity contribution in [3.63, 3.8) is 0 Å². The summed E-state index contributed by atoms with van der Waals surface area (Å²) in [6, 6.07) is 2.20. The molecule has 30 heavy (non-hydrogen) atoms. The summed E-state index contributed by atoms with van der Waals surface area (Å²) in [7, 11) is 1.52. The summed E-state index contributed by atoms with van der Waals surface area (Å²) in [5.41, 5.74) is -1.74. The van der Waals surface area contributed by atoms with E-state index >= 15 is 0 Å². The van der Waals surface area contributed by atoms with Gasteiger partial charge in [-0.05, 0) is 18.6 Å². The molecule has 0 saturated carbocycles. The van der Waals surface area contributed by atoms with Gasteiger partial charge < -0.3 is 16.0 Å². The van der Waals surface area contributed by atoms with Gasteiger partial charge in [0.25, 0.3) is 0 Å². The Bertz CT molecular complexity index is 806. The fourth-order valence-corrected chi connectivity index (χ4v) is 2.82. The molecule has 0 saturated heterocycles. The van der Waals surface area contributed by atoms with E-state index in [-0.39, 0.29) is 35.5 Å². The lowest BCUT2D eigenvalue weighted by Gasteiger charge is -2.12. The van der Waals surface area contributed by atoms with Crippen LogP contribution < -0.4 is 16.0 Å². The van der Waals surface area contributed by atoms with Crippen LogP contribution in [0.25, 0.3) is 0 Å². The van der Waals surface area contributed by atoms with Gasteiger partial charge in [-0.2, -0.15) is 26.3 Å². The molecule has 0 atom stereocenters. The van der Waals surface area contributed by atoms with Gasteiger partial charge >= 0.3 is 12.4 Å². The third-order valence-corrected chi connectivity index (χ3v) is 4.36. The molecule has 2 rings (SSSR count). The zero-order valence-corrected chi connectivity index (χ0v) is 18.7. The molecule has 168 valence electrons. The van der Waals surface area contributed by atoms with Gasteiger partial charge in [0.1, 0.15) is 10.8 Å². The summed E-state index contributed by atoms with van der Waals surface area (Å²) < 4.78 is 75.0. The molecule has 0 spiro atoms. The number of nitrogens with zero attached hydrogens (tertiary/aromatic N) is 3. The quantitative estimate of drug-likeness (QED) is 0.152. The Morgan fingerprint density at radius 3 is 2.33 bits per heavy atom. The van der Waals surface area contributed by atoms with Gasteiger partial charge in [-0.3, -0.25) is 4.99 Å². The van der Waals surface area contributed by atoms with Crippen molar-refractivity contribution < 1.29 is 26.3 Å². The van der Waals surface area contributed by atoms with Crippen LogP contribution in [-0.4, -0.2) is 36.1 Å². The van der Waals surface area contributed by atoms with E-state index in [1.165, 1.54) is 13.1 Å². The van der Waals surface area contributed by atoms with Crippen molar-refractivity contribution >= 4 is 47.1 Å². The fraction of sp³-hybridized carbons (Fsp3) is 0.438. The second-order valence-electron chi connectivity index (χ2n) is 5.69. The van der Waals surface area contributed by atoms with Crippen molar-refractivity contribution in [3.8, 4) is 0 Å². The van der Waals surface area contributed by atoms with Crippen LogP contribution in [0.2, 0.25) is 0 Å². The third-order valence-electron chi connectivity index (χ3n) is 3.52. The molecule has 0 aliphatic carbocycles. The maximum Gasteiger partial charge on any atom is 0.434 e. The Labute approximate surface area is 189 Å². The Hall–Kier alpha value is -1.84. The number of hydrogen-bond acceptors (Lipinski definition) is 5. The van der Waals surface area contributed by atoms with Gasteiger partial charge in [-0.25, -0.2) is 9.97 Å². The molecule has 6 nitrogen and oxygen atoms in total. The van der Waals surface area contributed by atoms with Gasteiger partial charge in [0.05, 0.1) is 12.1 Å². The number of rotatable bonds is 7. The third kappa shape index (κ3) is 8.49. The van der Waals surface area contributed by atoms with Gasteiger partial charge in [0.2, 0.25) is 0 Å². The van der Waals surface area contributed by atoms with Crippen LogP contribution in [0.4, 0.5) is 32.2 Å². The largest absolute Gasteiger partial charge is 0.434 e. The van der Waals surface area contributed by atoms with E-state index in [0.717, 1.165) is 29.0 Å². The summed E-state index contributed by atoms with van der Waals surface area (Å²) in [6.45, 7) is 1.01. The average Bonchev–Trinajstić information content (AvgIpc) is 3.13. The first kappa shape index (κ1) is 26.2. The number of aromatic nitrogens is 2. The van der Waals surface area contributed by atoms with Gasteiger partial charge in [-0.15, -0.1) is 35.3 Å². The maximum absolute atomic E-state index is 12.5. The van der Waals surface area contributed by atoms with E-state index in [0.29, 0.717) is 31.3 Å². The minimum atomic E-state index is -4.47. The van der Waals surface area contributed by atoms with E-state index in [1.807, 2.05) is 0 Å². The lowest BCUT2D eigenvalue weighted by atomic mass is 10.3. The highest BCUT2D eigenvalue weighted by Crippen LogP contribution is 2.30.